The molecule has 0 unspecified atom stereocenters. The summed E-state index contributed by atoms with van der Waals surface area (Å²) in [5, 5.41) is 20.2. The third-order valence-electron chi connectivity index (χ3n) is 5.05. The quantitative estimate of drug-likeness (QED) is 0.582. The van der Waals surface area contributed by atoms with Crippen LogP contribution in [0.15, 0.2) is 36.4 Å². The number of benzene rings is 3. The number of phenols is 2. The van der Waals surface area contributed by atoms with Crippen LogP contribution in [0.4, 0.5) is 0 Å². The molecule has 0 spiro atoms. The number of carbonyl (C=O) groups is 1. The number of aryl methyl sites for hydroxylation is 5. The molecule has 3 rings (SSSR count). The zero-order valence-corrected chi connectivity index (χ0v) is 16.3. The van der Waals surface area contributed by atoms with E-state index in [2.05, 4.69) is 0 Å². The summed E-state index contributed by atoms with van der Waals surface area (Å²) < 4.78 is 0. The zero-order valence-electron chi connectivity index (χ0n) is 16.3. The fourth-order valence-corrected chi connectivity index (χ4v) is 3.63. The number of rotatable bonds is 3. The van der Waals surface area contributed by atoms with E-state index in [4.69, 9.17) is 0 Å². The maximum absolute atomic E-state index is 12.1. The number of phenolic OH excluding ortho intramolecular Hbond substituents is 2. The number of aromatic hydroxyl groups is 2. The van der Waals surface area contributed by atoms with E-state index >= 15 is 0 Å². The molecular weight excluding hydrogens is 336 g/mol. The number of hydrogen-bond donors (Lipinski definition) is 2. The Morgan fingerprint density at radius 2 is 0.963 bits per heavy atom. The largest absolute Gasteiger partial charge is 0.507 e. The average molecular weight is 360 g/mol. The predicted molar refractivity (Wildman–Crippen MR) is 110 cm³/mol. The highest BCUT2D eigenvalue weighted by Gasteiger charge is 2.16. The van der Waals surface area contributed by atoms with Crippen molar-refractivity contribution in [1.29, 1.82) is 0 Å². The molecule has 0 radical (unpaired) electrons. The lowest BCUT2D eigenvalue weighted by molar-refractivity contribution is 0.112. The second-order valence-electron chi connectivity index (χ2n) is 7.31. The van der Waals surface area contributed by atoms with E-state index < -0.39 is 0 Å². The Bertz CT molecular complexity index is 937. The van der Waals surface area contributed by atoms with Crippen LogP contribution in [-0.4, -0.2) is 16.5 Å². The summed E-state index contributed by atoms with van der Waals surface area (Å²) in [4.78, 5) is 12.1. The van der Waals surface area contributed by atoms with E-state index in [9.17, 15) is 15.0 Å². The van der Waals surface area contributed by atoms with Crippen LogP contribution >= 0.6 is 0 Å². The van der Waals surface area contributed by atoms with Crippen molar-refractivity contribution in [3.63, 3.8) is 0 Å². The van der Waals surface area contributed by atoms with E-state index in [0.717, 1.165) is 56.4 Å². The summed E-state index contributed by atoms with van der Waals surface area (Å²) >= 11 is 0. The third kappa shape index (κ3) is 3.33. The van der Waals surface area contributed by atoms with Crippen molar-refractivity contribution in [2.24, 2.45) is 0 Å². The molecule has 138 valence electrons. The minimum atomic E-state index is 0.282. The molecule has 0 aliphatic heterocycles. The molecule has 0 bridgehead atoms. The number of aldehydes is 1. The number of carbonyl (C=O) groups excluding carboxylic acids is 1. The maximum atomic E-state index is 12.1. The molecule has 0 saturated heterocycles. The van der Waals surface area contributed by atoms with E-state index in [1.807, 2.05) is 71.0 Å². The molecular formula is C24H24O3. The summed E-state index contributed by atoms with van der Waals surface area (Å²) in [6, 6.07) is 11.6. The molecule has 0 fully saturated rings. The fraction of sp³-hybridized carbons (Fsp3) is 0.208. The summed E-state index contributed by atoms with van der Waals surface area (Å²) in [6.07, 6.45) is 0.888. The highest BCUT2D eigenvalue weighted by molar-refractivity contribution is 5.97. The average Bonchev–Trinajstić information content (AvgIpc) is 2.62. The van der Waals surface area contributed by atoms with Gasteiger partial charge >= 0.3 is 0 Å². The fourth-order valence-electron chi connectivity index (χ4n) is 3.63. The van der Waals surface area contributed by atoms with Crippen molar-refractivity contribution in [2.45, 2.75) is 34.6 Å². The van der Waals surface area contributed by atoms with Gasteiger partial charge in [0, 0.05) is 5.56 Å². The van der Waals surface area contributed by atoms with Gasteiger partial charge in [-0.15, -0.1) is 0 Å². The third-order valence-corrected chi connectivity index (χ3v) is 5.05. The van der Waals surface area contributed by atoms with E-state index in [1.165, 1.54) is 0 Å². The van der Waals surface area contributed by atoms with Gasteiger partial charge in [-0.2, -0.15) is 0 Å². The van der Waals surface area contributed by atoms with Crippen LogP contribution in [0.5, 0.6) is 11.5 Å². The van der Waals surface area contributed by atoms with Crippen molar-refractivity contribution in [3.05, 3.63) is 69.8 Å². The van der Waals surface area contributed by atoms with Gasteiger partial charge in [-0.05, 0) is 109 Å². The first-order valence-electron chi connectivity index (χ1n) is 8.94. The lowest BCUT2D eigenvalue weighted by atomic mass is 9.88. The molecule has 0 saturated carbocycles. The standard InChI is InChI=1S/C24H24O3/c1-13-6-20(18-8-14(2)23(26)15(3)9-18)22(12-25)21(7-13)19-10-16(4)24(27)17(5)11-19/h6-12,26-27H,1-5H3. The Morgan fingerprint density at radius 3 is 1.26 bits per heavy atom. The van der Waals surface area contributed by atoms with Crippen molar-refractivity contribution < 1.29 is 15.0 Å². The smallest absolute Gasteiger partial charge is 0.151 e. The van der Waals surface area contributed by atoms with Gasteiger partial charge in [0.15, 0.2) is 6.29 Å². The number of hydrogen-bond acceptors (Lipinski definition) is 3. The summed E-state index contributed by atoms with van der Waals surface area (Å²) in [7, 11) is 0. The van der Waals surface area contributed by atoms with Gasteiger partial charge in [-0.25, -0.2) is 0 Å². The molecule has 0 aromatic heterocycles. The molecule has 27 heavy (non-hydrogen) atoms. The Hall–Kier alpha value is -3.07. The highest BCUT2D eigenvalue weighted by atomic mass is 16.3. The van der Waals surface area contributed by atoms with Gasteiger partial charge in [-0.3, -0.25) is 4.79 Å². The second kappa shape index (κ2) is 6.92. The predicted octanol–water partition coefficient (Wildman–Crippen LogP) is 5.79. The van der Waals surface area contributed by atoms with E-state index in [1.54, 1.807) is 0 Å². The Morgan fingerprint density at radius 1 is 0.630 bits per heavy atom. The van der Waals surface area contributed by atoms with Gasteiger partial charge in [0.1, 0.15) is 11.5 Å². The molecule has 2 N–H and O–H groups in total. The lowest BCUT2D eigenvalue weighted by Gasteiger charge is -2.16. The first kappa shape index (κ1) is 18.7. The van der Waals surface area contributed by atoms with Gasteiger partial charge < -0.3 is 10.2 Å². The van der Waals surface area contributed by atoms with Gasteiger partial charge in [0.05, 0.1) is 0 Å². The van der Waals surface area contributed by atoms with Gasteiger partial charge in [0.2, 0.25) is 0 Å². The molecule has 0 aliphatic rings. The van der Waals surface area contributed by atoms with Crippen molar-refractivity contribution in [1.82, 2.24) is 0 Å². The first-order valence-corrected chi connectivity index (χ1v) is 8.94. The zero-order chi connectivity index (χ0) is 19.9. The second-order valence-corrected chi connectivity index (χ2v) is 7.31. The molecule has 0 heterocycles. The van der Waals surface area contributed by atoms with E-state index in [-0.39, 0.29) is 11.5 Å². The summed E-state index contributed by atoms with van der Waals surface area (Å²) in [5.74, 6) is 0.563. The topological polar surface area (TPSA) is 57.5 Å². The van der Waals surface area contributed by atoms with Crippen LogP contribution in [0.2, 0.25) is 0 Å². The molecule has 3 heteroatoms. The summed E-state index contributed by atoms with van der Waals surface area (Å²) in [5.41, 5.74) is 8.25. The van der Waals surface area contributed by atoms with Crippen LogP contribution < -0.4 is 0 Å². The molecule has 0 atom stereocenters. The molecule has 3 nitrogen and oxygen atoms in total. The lowest BCUT2D eigenvalue weighted by Crippen LogP contribution is -1.96. The Labute approximate surface area is 159 Å². The molecule has 3 aromatic rings. The maximum Gasteiger partial charge on any atom is 0.151 e. The van der Waals surface area contributed by atoms with Crippen molar-refractivity contribution >= 4 is 6.29 Å². The minimum absolute atomic E-state index is 0.282. The minimum Gasteiger partial charge on any atom is -0.507 e. The molecule has 3 aromatic carbocycles. The van der Waals surface area contributed by atoms with Crippen LogP contribution in [-0.2, 0) is 0 Å². The Kier molecular flexibility index (Phi) is 4.79. The van der Waals surface area contributed by atoms with Crippen LogP contribution in [0.25, 0.3) is 22.3 Å². The summed E-state index contributed by atoms with van der Waals surface area (Å²) in [6.45, 7) is 9.43. The highest BCUT2D eigenvalue weighted by Crippen LogP contribution is 2.37. The Balaban J connectivity index is 2.32. The van der Waals surface area contributed by atoms with E-state index in [0.29, 0.717) is 5.56 Å². The monoisotopic (exact) mass is 360 g/mol. The van der Waals surface area contributed by atoms with Gasteiger partial charge in [0.25, 0.3) is 0 Å². The van der Waals surface area contributed by atoms with Crippen LogP contribution in [0.1, 0.15) is 38.2 Å². The van der Waals surface area contributed by atoms with Crippen LogP contribution in [0, 0.1) is 34.6 Å². The SMILES string of the molecule is Cc1cc(-c2cc(C)c(O)c(C)c2)c(C=O)c(-c2cc(C)c(O)c(C)c2)c1. The van der Waals surface area contributed by atoms with Crippen molar-refractivity contribution in [3.8, 4) is 33.8 Å². The van der Waals surface area contributed by atoms with Gasteiger partial charge in [-0.1, -0.05) is 12.1 Å². The normalized spacial score (nSPS) is 10.9. The molecule has 0 aliphatic carbocycles. The van der Waals surface area contributed by atoms with Crippen LogP contribution in [0.3, 0.4) is 0 Å². The first-order chi connectivity index (χ1) is 12.7. The molecule has 0 amide bonds. The van der Waals surface area contributed by atoms with Crippen molar-refractivity contribution in [2.75, 3.05) is 0 Å².